The van der Waals surface area contributed by atoms with E-state index in [1.807, 2.05) is 12.4 Å². The SMILES string of the molecule is ClC1CCCCC1Cc1ccncc1. The molecule has 1 heterocycles. The summed E-state index contributed by atoms with van der Waals surface area (Å²) in [7, 11) is 0. The fourth-order valence-electron chi connectivity index (χ4n) is 2.21. The third-order valence-electron chi connectivity index (χ3n) is 3.06. The molecule has 1 fully saturated rings. The third-order valence-corrected chi connectivity index (χ3v) is 3.64. The van der Waals surface area contributed by atoms with Crippen molar-refractivity contribution in [3.8, 4) is 0 Å². The molecule has 14 heavy (non-hydrogen) atoms. The lowest BCUT2D eigenvalue weighted by atomic mass is 9.84. The Hall–Kier alpha value is -0.560. The van der Waals surface area contributed by atoms with E-state index in [1.54, 1.807) is 0 Å². The molecule has 76 valence electrons. The molecule has 2 rings (SSSR count). The van der Waals surface area contributed by atoms with Crippen LogP contribution in [-0.2, 0) is 6.42 Å². The highest BCUT2D eigenvalue weighted by atomic mass is 35.5. The zero-order chi connectivity index (χ0) is 9.80. The summed E-state index contributed by atoms with van der Waals surface area (Å²) in [6, 6.07) is 4.19. The van der Waals surface area contributed by atoms with E-state index >= 15 is 0 Å². The Balaban J connectivity index is 1.96. The van der Waals surface area contributed by atoms with Gasteiger partial charge in [-0.1, -0.05) is 12.8 Å². The van der Waals surface area contributed by atoms with Gasteiger partial charge in [-0.05, 0) is 42.9 Å². The smallest absolute Gasteiger partial charge is 0.0367 e. The molecule has 0 bridgehead atoms. The van der Waals surface area contributed by atoms with E-state index in [-0.39, 0.29) is 0 Å². The molecule has 0 aromatic carbocycles. The second-order valence-corrected chi connectivity index (χ2v) is 4.68. The van der Waals surface area contributed by atoms with E-state index in [1.165, 1.54) is 31.2 Å². The van der Waals surface area contributed by atoms with Crippen molar-refractivity contribution in [2.24, 2.45) is 5.92 Å². The molecule has 2 heteroatoms. The molecule has 1 aromatic heterocycles. The van der Waals surface area contributed by atoms with Crippen molar-refractivity contribution in [3.63, 3.8) is 0 Å². The maximum absolute atomic E-state index is 6.32. The second-order valence-electron chi connectivity index (χ2n) is 4.12. The Kier molecular flexibility index (Phi) is 3.41. The van der Waals surface area contributed by atoms with E-state index in [4.69, 9.17) is 11.6 Å². The Bertz CT molecular complexity index is 273. The van der Waals surface area contributed by atoms with Crippen molar-refractivity contribution in [2.45, 2.75) is 37.5 Å². The number of hydrogen-bond acceptors (Lipinski definition) is 1. The molecule has 2 unspecified atom stereocenters. The van der Waals surface area contributed by atoms with E-state index in [0.717, 1.165) is 6.42 Å². The summed E-state index contributed by atoms with van der Waals surface area (Å²) >= 11 is 6.32. The monoisotopic (exact) mass is 209 g/mol. The van der Waals surface area contributed by atoms with Gasteiger partial charge in [0.25, 0.3) is 0 Å². The predicted octanol–water partition coefficient (Wildman–Crippen LogP) is 3.42. The number of halogens is 1. The summed E-state index contributed by atoms with van der Waals surface area (Å²) in [5, 5.41) is 0.386. The standard InChI is InChI=1S/C12H16ClN/c13-12-4-2-1-3-11(12)9-10-5-7-14-8-6-10/h5-8,11-12H,1-4,9H2. The van der Waals surface area contributed by atoms with Crippen LogP contribution in [0.15, 0.2) is 24.5 Å². The van der Waals surface area contributed by atoms with E-state index in [0.29, 0.717) is 11.3 Å². The second kappa shape index (κ2) is 4.79. The van der Waals surface area contributed by atoms with Gasteiger partial charge < -0.3 is 0 Å². The zero-order valence-electron chi connectivity index (χ0n) is 8.32. The predicted molar refractivity (Wildman–Crippen MR) is 59.5 cm³/mol. The summed E-state index contributed by atoms with van der Waals surface area (Å²) in [4.78, 5) is 4.02. The van der Waals surface area contributed by atoms with Crippen molar-refractivity contribution in [2.75, 3.05) is 0 Å². The fourth-order valence-corrected chi connectivity index (χ4v) is 2.58. The quantitative estimate of drug-likeness (QED) is 0.681. The largest absolute Gasteiger partial charge is 0.265 e. The Labute approximate surface area is 90.5 Å². The van der Waals surface area contributed by atoms with Crippen LogP contribution in [0.4, 0.5) is 0 Å². The molecular weight excluding hydrogens is 194 g/mol. The molecular formula is C12H16ClN. The van der Waals surface area contributed by atoms with Crippen molar-refractivity contribution < 1.29 is 0 Å². The molecule has 1 aliphatic carbocycles. The van der Waals surface area contributed by atoms with Crippen molar-refractivity contribution in [1.29, 1.82) is 0 Å². The number of aromatic nitrogens is 1. The minimum absolute atomic E-state index is 0.386. The summed E-state index contributed by atoms with van der Waals surface area (Å²) in [6.45, 7) is 0. The van der Waals surface area contributed by atoms with Crippen LogP contribution in [-0.4, -0.2) is 10.4 Å². The maximum Gasteiger partial charge on any atom is 0.0367 e. The average molecular weight is 210 g/mol. The molecule has 0 radical (unpaired) electrons. The van der Waals surface area contributed by atoms with Gasteiger partial charge in [-0.25, -0.2) is 0 Å². The van der Waals surface area contributed by atoms with Gasteiger partial charge in [-0.15, -0.1) is 11.6 Å². The van der Waals surface area contributed by atoms with Gasteiger partial charge >= 0.3 is 0 Å². The first-order valence-electron chi connectivity index (χ1n) is 5.39. The van der Waals surface area contributed by atoms with Gasteiger partial charge in [0, 0.05) is 17.8 Å². The molecule has 1 nitrogen and oxygen atoms in total. The molecule has 1 aromatic rings. The number of nitrogens with zero attached hydrogens (tertiary/aromatic N) is 1. The van der Waals surface area contributed by atoms with Crippen LogP contribution in [0.1, 0.15) is 31.2 Å². The van der Waals surface area contributed by atoms with Crippen LogP contribution in [0.3, 0.4) is 0 Å². The lowest BCUT2D eigenvalue weighted by Gasteiger charge is -2.26. The van der Waals surface area contributed by atoms with E-state index < -0.39 is 0 Å². The van der Waals surface area contributed by atoms with Gasteiger partial charge in [-0.3, -0.25) is 4.98 Å². The normalized spacial score (nSPS) is 27.5. The Morgan fingerprint density at radius 1 is 1.21 bits per heavy atom. The van der Waals surface area contributed by atoms with Crippen LogP contribution >= 0.6 is 11.6 Å². The molecule has 1 aliphatic rings. The van der Waals surface area contributed by atoms with Crippen LogP contribution in [0.5, 0.6) is 0 Å². The molecule has 0 saturated heterocycles. The summed E-state index contributed by atoms with van der Waals surface area (Å²) < 4.78 is 0. The topological polar surface area (TPSA) is 12.9 Å². The van der Waals surface area contributed by atoms with Gasteiger partial charge in [0.15, 0.2) is 0 Å². The first-order chi connectivity index (χ1) is 6.86. The number of rotatable bonds is 2. The molecule has 0 aliphatic heterocycles. The highest BCUT2D eigenvalue weighted by Crippen LogP contribution is 2.30. The van der Waals surface area contributed by atoms with Gasteiger partial charge in [-0.2, -0.15) is 0 Å². The Morgan fingerprint density at radius 3 is 2.64 bits per heavy atom. The molecule has 0 N–H and O–H groups in total. The van der Waals surface area contributed by atoms with Crippen LogP contribution in [0.25, 0.3) is 0 Å². The minimum Gasteiger partial charge on any atom is -0.265 e. The first kappa shape index (κ1) is 9.97. The summed E-state index contributed by atoms with van der Waals surface area (Å²) in [6.07, 6.45) is 9.98. The van der Waals surface area contributed by atoms with Crippen LogP contribution in [0, 0.1) is 5.92 Å². The third kappa shape index (κ3) is 2.48. The van der Waals surface area contributed by atoms with Gasteiger partial charge in [0.1, 0.15) is 0 Å². The van der Waals surface area contributed by atoms with Gasteiger partial charge in [0.05, 0.1) is 0 Å². The minimum atomic E-state index is 0.386. The van der Waals surface area contributed by atoms with Gasteiger partial charge in [0.2, 0.25) is 0 Å². The van der Waals surface area contributed by atoms with Crippen molar-refractivity contribution >= 4 is 11.6 Å². The van der Waals surface area contributed by atoms with Crippen LogP contribution in [0.2, 0.25) is 0 Å². The van der Waals surface area contributed by atoms with E-state index in [2.05, 4.69) is 17.1 Å². The summed E-state index contributed by atoms with van der Waals surface area (Å²) in [5.41, 5.74) is 1.37. The molecule has 1 saturated carbocycles. The lowest BCUT2D eigenvalue weighted by Crippen LogP contribution is -2.21. The maximum atomic E-state index is 6.32. The number of pyridine rings is 1. The number of alkyl halides is 1. The fraction of sp³-hybridized carbons (Fsp3) is 0.583. The van der Waals surface area contributed by atoms with Crippen molar-refractivity contribution in [3.05, 3.63) is 30.1 Å². The first-order valence-corrected chi connectivity index (χ1v) is 5.83. The highest BCUT2D eigenvalue weighted by Gasteiger charge is 2.22. The molecule has 2 atom stereocenters. The average Bonchev–Trinajstić information content (AvgIpc) is 2.23. The Morgan fingerprint density at radius 2 is 1.93 bits per heavy atom. The lowest BCUT2D eigenvalue weighted by molar-refractivity contribution is 0.364. The van der Waals surface area contributed by atoms with Crippen LogP contribution < -0.4 is 0 Å². The van der Waals surface area contributed by atoms with Crippen molar-refractivity contribution in [1.82, 2.24) is 4.98 Å². The van der Waals surface area contributed by atoms with E-state index in [9.17, 15) is 0 Å². The summed E-state index contributed by atoms with van der Waals surface area (Å²) in [5.74, 6) is 0.674. The molecule has 0 amide bonds. The highest BCUT2D eigenvalue weighted by molar-refractivity contribution is 6.20. The number of hydrogen-bond donors (Lipinski definition) is 0. The zero-order valence-corrected chi connectivity index (χ0v) is 9.08. The molecule has 0 spiro atoms.